The van der Waals surface area contributed by atoms with Crippen LogP contribution in [0.15, 0.2) is 48.7 Å². The van der Waals surface area contributed by atoms with Crippen LogP contribution in [0.1, 0.15) is 16.8 Å². The van der Waals surface area contributed by atoms with Crippen LogP contribution in [0.4, 0.5) is 11.5 Å². The number of amides is 1. The van der Waals surface area contributed by atoms with Crippen molar-refractivity contribution < 1.29 is 4.79 Å². The Kier molecular flexibility index (Phi) is 4.34. The number of aromatic nitrogens is 1. The predicted molar refractivity (Wildman–Crippen MR) is 87.5 cm³/mol. The van der Waals surface area contributed by atoms with Gasteiger partial charge in [-0.3, -0.25) is 4.79 Å². The highest BCUT2D eigenvalue weighted by atomic mass is 16.1. The molecule has 1 aliphatic rings. The quantitative estimate of drug-likeness (QED) is 0.905. The van der Waals surface area contributed by atoms with E-state index in [0.717, 1.165) is 31.0 Å². The summed E-state index contributed by atoms with van der Waals surface area (Å²) in [5.41, 5.74) is 1.65. The van der Waals surface area contributed by atoms with Crippen molar-refractivity contribution >= 4 is 17.4 Å². The summed E-state index contributed by atoms with van der Waals surface area (Å²) in [5.74, 6) is 0.750. The molecule has 1 aromatic heterocycles. The third-order valence-electron chi connectivity index (χ3n) is 3.89. The van der Waals surface area contributed by atoms with Gasteiger partial charge in [0, 0.05) is 31.5 Å². The summed E-state index contributed by atoms with van der Waals surface area (Å²) in [7, 11) is 1.96. The Morgan fingerprint density at radius 1 is 1.27 bits per heavy atom. The van der Waals surface area contributed by atoms with E-state index in [1.165, 1.54) is 0 Å². The highest BCUT2D eigenvalue weighted by Crippen LogP contribution is 2.20. The SMILES string of the molecule is CN(c1ccccc1)c1ccc(C(=O)NC2CCNC2)cn1. The van der Waals surface area contributed by atoms with E-state index in [-0.39, 0.29) is 11.9 Å². The topological polar surface area (TPSA) is 57.3 Å². The molecule has 1 atom stereocenters. The summed E-state index contributed by atoms with van der Waals surface area (Å²) in [6.45, 7) is 1.80. The lowest BCUT2D eigenvalue weighted by atomic mass is 10.2. The van der Waals surface area contributed by atoms with Gasteiger partial charge in [0.1, 0.15) is 5.82 Å². The first kappa shape index (κ1) is 14.5. The van der Waals surface area contributed by atoms with Crippen molar-refractivity contribution in [3.63, 3.8) is 0 Å². The molecule has 5 nitrogen and oxygen atoms in total. The number of hydrogen-bond donors (Lipinski definition) is 2. The molecule has 5 heteroatoms. The summed E-state index contributed by atoms with van der Waals surface area (Å²) in [4.78, 5) is 18.5. The summed E-state index contributed by atoms with van der Waals surface area (Å²) < 4.78 is 0. The van der Waals surface area contributed by atoms with Crippen molar-refractivity contribution in [2.45, 2.75) is 12.5 Å². The molecule has 1 amide bonds. The van der Waals surface area contributed by atoms with Gasteiger partial charge in [0.15, 0.2) is 0 Å². The first-order valence-electron chi connectivity index (χ1n) is 7.50. The molecule has 114 valence electrons. The molecule has 3 rings (SSSR count). The molecule has 1 unspecified atom stereocenters. The van der Waals surface area contributed by atoms with Gasteiger partial charge in [-0.2, -0.15) is 0 Å². The fraction of sp³-hybridized carbons (Fsp3) is 0.294. The molecule has 1 saturated heterocycles. The minimum absolute atomic E-state index is 0.0601. The monoisotopic (exact) mass is 296 g/mol. The number of rotatable bonds is 4. The van der Waals surface area contributed by atoms with Gasteiger partial charge in [-0.1, -0.05) is 18.2 Å². The summed E-state index contributed by atoms with van der Waals surface area (Å²) in [6, 6.07) is 13.9. The van der Waals surface area contributed by atoms with Gasteiger partial charge in [0.2, 0.25) is 0 Å². The zero-order valence-electron chi connectivity index (χ0n) is 12.6. The molecule has 0 bridgehead atoms. The van der Waals surface area contributed by atoms with Gasteiger partial charge >= 0.3 is 0 Å². The fourth-order valence-corrected chi connectivity index (χ4v) is 2.55. The minimum atomic E-state index is -0.0601. The number of anilines is 2. The molecule has 0 radical (unpaired) electrons. The van der Waals surface area contributed by atoms with Crippen LogP contribution in [-0.2, 0) is 0 Å². The third-order valence-corrected chi connectivity index (χ3v) is 3.89. The van der Waals surface area contributed by atoms with E-state index in [4.69, 9.17) is 0 Å². The zero-order valence-corrected chi connectivity index (χ0v) is 12.6. The number of hydrogen-bond acceptors (Lipinski definition) is 4. The van der Waals surface area contributed by atoms with Crippen molar-refractivity contribution in [3.05, 3.63) is 54.2 Å². The van der Waals surface area contributed by atoms with E-state index in [1.807, 2.05) is 54.4 Å². The van der Waals surface area contributed by atoms with Crippen molar-refractivity contribution in [2.75, 3.05) is 25.0 Å². The Bertz CT molecular complexity index is 621. The Morgan fingerprint density at radius 2 is 2.09 bits per heavy atom. The van der Waals surface area contributed by atoms with Gasteiger partial charge in [-0.15, -0.1) is 0 Å². The van der Waals surface area contributed by atoms with Crippen LogP contribution in [-0.4, -0.2) is 37.1 Å². The molecule has 2 heterocycles. The van der Waals surface area contributed by atoms with Crippen molar-refractivity contribution in [1.29, 1.82) is 0 Å². The van der Waals surface area contributed by atoms with E-state index in [0.29, 0.717) is 5.56 Å². The van der Waals surface area contributed by atoms with Crippen molar-refractivity contribution in [3.8, 4) is 0 Å². The standard InChI is InChI=1S/C17H20N4O/c1-21(15-5-3-2-4-6-15)16-8-7-13(11-19-16)17(22)20-14-9-10-18-12-14/h2-8,11,14,18H,9-10,12H2,1H3,(H,20,22). The van der Waals surface area contributed by atoms with Crippen LogP contribution in [0.2, 0.25) is 0 Å². The van der Waals surface area contributed by atoms with Crippen LogP contribution in [0.25, 0.3) is 0 Å². The zero-order chi connectivity index (χ0) is 15.4. The Morgan fingerprint density at radius 3 is 2.73 bits per heavy atom. The number of carbonyl (C=O) groups is 1. The third kappa shape index (κ3) is 3.26. The summed E-state index contributed by atoms with van der Waals surface area (Å²) in [5, 5.41) is 6.25. The van der Waals surface area contributed by atoms with Gasteiger partial charge in [0.25, 0.3) is 5.91 Å². The maximum absolute atomic E-state index is 12.2. The van der Waals surface area contributed by atoms with Gasteiger partial charge in [-0.25, -0.2) is 4.98 Å². The van der Waals surface area contributed by atoms with E-state index in [1.54, 1.807) is 6.20 Å². The molecule has 22 heavy (non-hydrogen) atoms. The molecule has 0 aliphatic carbocycles. The van der Waals surface area contributed by atoms with Gasteiger partial charge in [0.05, 0.1) is 5.56 Å². The Labute approximate surface area is 130 Å². The molecule has 0 spiro atoms. The number of benzene rings is 1. The molecule has 1 aromatic carbocycles. The maximum atomic E-state index is 12.2. The lowest BCUT2D eigenvalue weighted by Crippen LogP contribution is -2.36. The highest BCUT2D eigenvalue weighted by Gasteiger charge is 2.17. The molecule has 1 fully saturated rings. The molecule has 2 aromatic rings. The second kappa shape index (κ2) is 6.58. The van der Waals surface area contributed by atoms with Crippen LogP contribution in [0.3, 0.4) is 0 Å². The van der Waals surface area contributed by atoms with Gasteiger partial charge in [-0.05, 0) is 37.2 Å². The largest absolute Gasteiger partial charge is 0.348 e. The molecular formula is C17H20N4O. The minimum Gasteiger partial charge on any atom is -0.348 e. The maximum Gasteiger partial charge on any atom is 0.253 e. The second-order valence-corrected chi connectivity index (χ2v) is 5.46. The van der Waals surface area contributed by atoms with E-state index in [2.05, 4.69) is 15.6 Å². The Hall–Kier alpha value is -2.40. The molecule has 0 saturated carbocycles. The van der Waals surface area contributed by atoms with E-state index in [9.17, 15) is 4.79 Å². The summed E-state index contributed by atoms with van der Waals surface area (Å²) in [6.07, 6.45) is 2.61. The van der Waals surface area contributed by atoms with Gasteiger partial charge < -0.3 is 15.5 Å². The van der Waals surface area contributed by atoms with Crippen molar-refractivity contribution in [1.82, 2.24) is 15.6 Å². The van der Waals surface area contributed by atoms with Crippen LogP contribution in [0.5, 0.6) is 0 Å². The fourth-order valence-electron chi connectivity index (χ4n) is 2.55. The lowest BCUT2D eigenvalue weighted by molar-refractivity contribution is 0.0939. The average Bonchev–Trinajstić information content (AvgIpc) is 3.08. The molecule has 1 aliphatic heterocycles. The average molecular weight is 296 g/mol. The number of pyridine rings is 1. The smallest absolute Gasteiger partial charge is 0.253 e. The summed E-state index contributed by atoms with van der Waals surface area (Å²) >= 11 is 0. The van der Waals surface area contributed by atoms with E-state index < -0.39 is 0 Å². The Balaban J connectivity index is 1.68. The van der Waals surface area contributed by atoms with Crippen LogP contribution < -0.4 is 15.5 Å². The number of para-hydroxylation sites is 1. The normalized spacial score (nSPS) is 17.2. The van der Waals surface area contributed by atoms with Crippen LogP contribution in [0, 0.1) is 0 Å². The van der Waals surface area contributed by atoms with E-state index >= 15 is 0 Å². The number of carbonyl (C=O) groups excluding carboxylic acids is 1. The van der Waals surface area contributed by atoms with Crippen molar-refractivity contribution in [2.24, 2.45) is 0 Å². The van der Waals surface area contributed by atoms with Crippen LogP contribution >= 0.6 is 0 Å². The molecular weight excluding hydrogens is 276 g/mol. The number of nitrogens with zero attached hydrogens (tertiary/aromatic N) is 2. The highest BCUT2D eigenvalue weighted by molar-refractivity contribution is 5.94. The number of nitrogens with one attached hydrogen (secondary N) is 2. The lowest BCUT2D eigenvalue weighted by Gasteiger charge is -2.18. The predicted octanol–water partition coefficient (Wildman–Crippen LogP) is 1.94. The second-order valence-electron chi connectivity index (χ2n) is 5.46. The first-order chi connectivity index (χ1) is 10.7. The molecule has 2 N–H and O–H groups in total. The first-order valence-corrected chi connectivity index (χ1v) is 7.50.